The van der Waals surface area contributed by atoms with Crippen molar-refractivity contribution in [1.29, 1.82) is 0 Å². The maximum Gasteiger partial charge on any atom is 0.331 e. The van der Waals surface area contributed by atoms with Crippen molar-refractivity contribution >= 4 is 35.0 Å². The number of aliphatic carboxylic acids is 1. The molecular weight excluding hydrogens is 306 g/mol. The zero-order valence-corrected chi connectivity index (χ0v) is 13.3. The molecule has 0 bridgehead atoms. The first kappa shape index (κ1) is 15.6. The average Bonchev–Trinajstić information content (AvgIpc) is 2.98. The SMILES string of the molecule is CSc1ccc(C)c(C(=O)NC(C(=O)O)c2cccs2)c1. The highest BCUT2D eigenvalue weighted by Gasteiger charge is 2.24. The van der Waals surface area contributed by atoms with Crippen molar-refractivity contribution in [3.63, 3.8) is 0 Å². The zero-order chi connectivity index (χ0) is 15.4. The normalized spacial score (nSPS) is 11.9. The molecule has 0 saturated carbocycles. The van der Waals surface area contributed by atoms with Crippen LogP contribution < -0.4 is 5.32 Å². The Kier molecular flexibility index (Phi) is 5.03. The van der Waals surface area contributed by atoms with Gasteiger partial charge in [0.05, 0.1) is 0 Å². The summed E-state index contributed by atoms with van der Waals surface area (Å²) in [6.45, 7) is 1.83. The predicted octanol–water partition coefficient (Wildman–Crippen LogP) is 3.33. The summed E-state index contributed by atoms with van der Waals surface area (Å²) in [5.74, 6) is -1.44. The molecule has 0 saturated heterocycles. The Morgan fingerprint density at radius 1 is 1.33 bits per heavy atom. The summed E-state index contributed by atoms with van der Waals surface area (Å²) in [7, 11) is 0. The Morgan fingerprint density at radius 2 is 2.10 bits per heavy atom. The standard InChI is InChI=1S/C15H15NO3S2/c1-9-5-6-10(20-2)8-11(9)14(17)16-13(15(18)19)12-4-3-7-21-12/h3-8,13H,1-2H3,(H,16,17)(H,18,19). The van der Waals surface area contributed by atoms with Gasteiger partial charge in [-0.1, -0.05) is 12.1 Å². The van der Waals surface area contributed by atoms with Crippen LogP contribution in [0.1, 0.15) is 26.8 Å². The van der Waals surface area contributed by atoms with E-state index < -0.39 is 12.0 Å². The van der Waals surface area contributed by atoms with Gasteiger partial charge in [-0.2, -0.15) is 0 Å². The molecule has 2 N–H and O–H groups in total. The molecular formula is C15H15NO3S2. The largest absolute Gasteiger partial charge is 0.479 e. The van der Waals surface area contributed by atoms with Crippen molar-refractivity contribution < 1.29 is 14.7 Å². The lowest BCUT2D eigenvalue weighted by Gasteiger charge is -2.14. The molecule has 2 rings (SSSR count). The van der Waals surface area contributed by atoms with Gasteiger partial charge in [0.25, 0.3) is 5.91 Å². The van der Waals surface area contributed by atoms with Gasteiger partial charge in [0.2, 0.25) is 0 Å². The Morgan fingerprint density at radius 3 is 2.67 bits per heavy atom. The van der Waals surface area contributed by atoms with E-state index in [0.29, 0.717) is 10.4 Å². The van der Waals surface area contributed by atoms with Crippen LogP contribution in [0.3, 0.4) is 0 Å². The van der Waals surface area contributed by atoms with Gasteiger partial charge < -0.3 is 10.4 Å². The summed E-state index contributed by atoms with van der Waals surface area (Å²) in [5.41, 5.74) is 1.32. The Labute approximate surface area is 131 Å². The average molecular weight is 321 g/mol. The number of carbonyl (C=O) groups excluding carboxylic acids is 1. The molecule has 1 amide bonds. The molecule has 0 fully saturated rings. The third-order valence-corrected chi connectivity index (χ3v) is 4.70. The van der Waals surface area contributed by atoms with Crippen molar-refractivity contribution in [2.45, 2.75) is 17.9 Å². The van der Waals surface area contributed by atoms with Crippen molar-refractivity contribution in [3.8, 4) is 0 Å². The predicted molar refractivity (Wildman–Crippen MR) is 85.1 cm³/mol. The molecule has 4 nitrogen and oxygen atoms in total. The highest BCUT2D eigenvalue weighted by molar-refractivity contribution is 7.98. The van der Waals surface area contributed by atoms with E-state index in [4.69, 9.17) is 0 Å². The molecule has 1 heterocycles. The van der Waals surface area contributed by atoms with Gasteiger partial charge in [0, 0.05) is 15.3 Å². The van der Waals surface area contributed by atoms with Crippen molar-refractivity contribution in [2.24, 2.45) is 0 Å². The number of hydrogen-bond acceptors (Lipinski definition) is 4. The van der Waals surface area contributed by atoms with E-state index >= 15 is 0 Å². The molecule has 0 aliphatic rings. The summed E-state index contributed by atoms with van der Waals surface area (Å²) in [4.78, 5) is 25.3. The number of thiophene rings is 1. The fourth-order valence-corrected chi connectivity index (χ4v) is 3.10. The topological polar surface area (TPSA) is 66.4 Å². The number of nitrogens with one attached hydrogen (secondary N) is 1. The van der Waals surface area contributed by atoms with Gasteiger partial charge in [-0.3, -0.25) is 4.79 Å². The lowest BCUT2D eigenvalue weighted by molar-refractivity contribution is -0.139. The van der Waals surface area contributed by atoms with Crippen LogP contribution >= 0.6 is 23.1 Å². The van der Waals surface area contributed by atoms with Gasteiger partial charge >= 0.3 is 5.97 Å². The molecule has 2 aromatic rings. The molecule has 1 unspecified atom stereocenters. The second kappa shape index (κ2) is 6.78. The van der Waals surface area contributed by atoms with Crippen LogP contribution in [0.15, 0.2) is 40.6 Å². The lowest BCUT2D eigenvalue weighted by atomic mass is 10.1. The highest BCUT2D eigenvalue weighted by Crippen LogP contribution is 2.22. The van der Waals surface area contributed by atoms with Crippen molar-refractivity contribution in [1.82, 2.24) is 5.32 Å². The third kappa shape index (κ3) is 3.65. The molecule has 6 heteroatoms. The van der Waals surface area contributed by atoms with E-state index in [-0.39, 0.29) is 5.91 Å². The molecule has 21 heavy (non-hydrogen) atoms. The molecule has 1 atom stereocenters. The first-order chi connectivity index (χ1) is 10.0. The quantitative estimate of drug-likeness (QED) is 0.829. The summed E-state index contributed by atoms with van der Waals surface area (Å²) in [6.07, 6.45) is 1.93. The van der Waals surface area contributed by atoms with E-state index in [1.54, 1.807) is 23.6 Å². The minimum Gasteiger partial charge on any atom is -0.479 e. The van der Waals surface area contributed by atoms with Crippen molar-refractivity contribution in [2.75, 3.05) is 6.26 Å². The number of hydrogen-bond donors (Lipinski definition) is 2. The Balaban J connectivity index is 2.25. The minimum absolute atomic E-state index is 0.371. The van der Waals surface area contributed by atoms with Gasteiger partial charge in [0.15, 0.2) is 6.04 Å². The molecule has 0 spiro atoms. The van der Waals surface area contributed by atoms with Crippen LogP contribution in [0.4, 0.5) is 0 Å². The molecule has 0 radical (unpaired) electrons. The number of amides is 1. The monoisotopic (exact) mass is 321 g/mol. The summed E-state index contributed by atoms with van der Waals surface area (Å²) >= 11 is 2.85. The van der Waals surface area contributed by atoms with Gasteiger partial charge in [-0.25, -0.2) is 4.79 Å². The van der Waals surface area contributed by atoms with Crippen LogP contribution in [-0.2, 0) is 4.79 Å². The molecule has 0 aliphatic carbocycles. The number of carboxylic acid groups (broad SMARTS) is 1. The van der Waals surface area contributed by atoms with E-state index in [0.717, 1.165) is 10.5 Å². The highest BCUT2D eigenvalue weighted by atomic mass is 32.2. The van der Waals surface area contributed by atoms with Gasteiger partial charge in [0.1, 0.15) is 0 Å². The summed E-state index contributed by atoms with van der Waals surface area (Å²) in [5, 5.41) is 13.7. The summed E-state index contributed by atoms with van der Waals surface area (Å²) in [6, 6.07) is 8.03. The Bertz CT molecular complexity index is 653. The minimum atomic E-state index is -1.07. The number of rotatable bonds is 5. The van der Waals surface area contributed by atoms with Crippen LogP contribution in [0.2, 0.25) is 0 Å². The fraction of sp³-hybridized carbons (Fsp3) is 0.200. The molecule has 110 valence electrons. The molecule has 1 aromatic heterocycles. The first-order valence-corrected chi connectivity index (χ1v) is 8.35. The maximum atomic E-state index is 12.4. The van der Waals surface area contributed by atoms with Crippen LogP contribution in [0, 0.1) is 6.92 Å². The molecule has 0 aliphatic heterocycles. The number of carboxylic acids is 1. The smallest absolute Gasteiger partial charge is 0.331 e. The number of thioether (sulfide) groups is 1. The van der Waals surface area contributed by atoms with Gasteiger partial charge in [-0.05, 0) is 42.3 Å². The lowest BCUT2D eigenvalue weighted by Crippen LogP contribution is -2.33. The van der Waals surface area contributed by atoms with E-state index in [1.165, 1.54) is 23.1 Å². The summed E-state index contributed by atoms with van der Waals surface area (Å²) < 4.78 is 0. The van der Waals surface area contributed by atoms with Gasteiger partial charge in [-0.15, -0.1) is 23.1 Å². The zero-order valence-electron chi connectivity index (χ0n) is 11.6. The second-order valence-corrected chi connectivity index (χ2v) is 6.30. The van der Waals surface area contributed by atoms with Crippen LogP contribution in [-0.4, -0.2) is 23.2 Å². The van der Waals surface area contributed by atoms with Crippen molar-refractivity contribution in [3.05, 3.63) is 51.7 Å². The van der Waals surface area contributed by atoms with E-state index in [2.05, 4.69) is 5.32 Å². The number of aryl methyl sites for hydroxylation is 1. The Hall–Kier alpha value is -1.79. The van der Waals surface area contributed by atoms with E-state index in [9.17, 15) is 14.7 Å². The fourth-order valence-electron chi connectivity index (χ4n) is 1.89. The van der Waals surface area contributed by atoms with E-state index in [1.807, 2.05) is 25.3 Å². The van der Waals surface area contributed by atoms with Crippen LogP contribution in [0.25, 0.3) is 0 Å². The maximum absolute atomic E-state index is 12.4. The number of carbonyl (C=O) groups is 2. The van der Waals surface area contributed by atoms with Crippen LogP contribution in [0.5, 0.6) is 0 Å². The first-order valence-electron chi connectivity index (χ1n) is 6.24. The number of benzene rings is 1. The third-order valence-electron chi connectivity index (χ3n) is 3.04. The molecule has 1 aromatic carbocycles. The second-order valence-electron chi connectivity index (χ2n) is 4.44.